The summed E-state index contributed by atoms with van der Waals surface area (Å²) in [6.45, 7) is 4.05. The average molecular weight is 600 g/mol. The Bertz CT molecular complexity index is 1400. The lowest BCUT2D eigenvalue weighted by Crippen LogP contribution is -2.54. The van der Waals surface area contributed by atoms with E-state index in [-0.39, 0.29) is 22.4 Å². The van der Waals surface area contributed by atoms with Gasteiger partial charge in [0.05, 0.1) is 23.9 Å². The maximum atomic E-state index is 13.3. The Morgan fingerprint density at radius 1 is 1.03 bits per heavy atom. The summed E-state index contributed by atoms with van der Waals surface area (Å²) in [7, 11) is 1.46. The van der Waals surface area contributed by atoms with Crippen LogP contribution in [0.3, 0.4) is 0 Å². The number of ether oxygens (including phenoxy) is 3. The smallest absolute Gasteiger partial charge is 0.335 e. The highest BCUT2D eigenvalue weighted by molar-refractivity contribution is 9.10. The lowest BCUT2D eigenvalue weighted by atomic mass is 10.1. The van der Waals surface area contributed by atoms with Crippen molar-refractivity contribution in [2.24, 2.45) is 0 Å². The van der Waals surface area contributed by atoms with E-state index in [0.717, 1.165) is 14.9 Å². The molecule has 8 nitrogen and oxygen atoms in total. The zero-order chi connectivity index (χ0) is 27.4. The van der Waals surface area contributed by atoms with Crippen molar-refractivity contribution in [2.45, 2.75) is 26.6 Å². The molecule has 0 saturated carbocycles. The number of halogens is 2. The molecular weight excluding hydrogens is 576 g/mol. The van der Waals surface area contributed by atoms with Crippen molar-refractivity contribution in [1.29, 1.82) is 0 Å². The molecule has 0 bridgehead atoms. The first kappa shape index (κ1) is 27.2. The first-order valence-corrected chi connectivity index (χ1v) is 12.8. The first-order chi connectivity index (χ1) is 18.2. The molecule has 1 heterocycles. The topological polar surface area (TPSA) is 94.2 Å². The summed E-state index contributed by atoms with van der Waals surface area (Å²) in [5, 5.41) is 2.46. The van der Waals surface area contributed by atoms with Gasteiger partial charge in [-0.1, -0.05) is 39.7 Å². The number of barbiturate groups is 1. The molecule has 1 N–H and O–H groups in total. The second kappa shape index (κ2) is 11.7. The number of benzene rings is 3. The van der Waals surface area contributed by atoms with E-state index in [1.54, 1.807) is 36.4 Å². The van der Waals surface area contributed by atoms with Gasteiger partial charge < -0.3 is 14.2 Å². The number of carbonyl (C=O) groups excluding carboxylic acids is 3. The molecule has 0 radical (unpaired) electrons. The molecule has 1 saturated heterocycles. The number of hydrogen-bond donors (Lipinski definition) is 1. The molecule has 10 heteroatoms. The van der Waals surface area contributed by atoms with Crippen LogP contribution in [0.5, 0.6) is 17.2 Å². The van der Waals surface area contributed by atoms with Gasteiger partial charge in [-0.2, -0.15) is 0 Å². The molecule has 3 aromatic carbocycles. The molecule has 0 atom stereocenters. The van der Waals surface area contributed by atoms with Crippen molar-refractivity contribution in [1.82, 2.24) is 5.32 Å². The van der Waals surface area contributed by atoms with Crippen molar-refractivity contribution in [3.63, 3.8) is 0 Å². The minimum Gasteiger partial charge on any atom is -0.493 e. The molecule has 4 rings (SSSR count). The van der Waals surface area contributed by atoms with E-state index in [9.17, 15) is 14.4 Å². The van der Waals surface area contributed by atoms with Crippen molar-refractivity contribution < 1.29 is 28.6 Å². The molecule has 1 aliphatic heterocycles. The van der Waals surface area contributed by atoms with E-state index >= 15 is 0 Å². The predicted octanol–water partition coefficient (Wildman–Crippen LogP) is 6.14. The van der Waals surface area contributed by atoms with E-state index in [0.29, 0.717) is 29.4 Å². The van der Waals surface area contributed by atoms with Gasteiger partial charge in [-0.05, 0) is 79.6 Å². The largest absolute Gasteiger partial charge is 0.493 e. The van der Waals surface area contributed by atoms with Crippen molar-refractivity contribution in [3.8, 4) is 17.2 Å². The minimum absolute atomic E-state index is 0.145. The van der Waals surface area contributed by atoms with Gasteiger partial charge in [-0.25, -0.2) is 9.69 Å². The molecule has 1 fully saturated rings. The minimum atomic E-state index is -0.850. The fourth-order valence-electron chi connectivity index (χ4n) is 3.67. The summed E-state index contributed by atoms with van der Waals surface area (Å²) < 4.78 is 17.9. The fraction of sp³-hybridized carbons (Fsp3) is 0.179. The molecule has 4 amide bonds. The Hall–Kier alpha value is -3.82. The van der Waals surface area contributed by atoms with Crippen LogP contribution in [0.4, 0.5) is 10.5 Å². The quantitative estimate of drug-likeness (QED) is 0.247. The number of anilines is 1. The number of rotatable bonds is 8. The molecule has 38 heavy (non-hydrogen) atoms. The van der Waals surface area contributed by atoms with Gasteiger partial charge >= 0.3 is 6.03 Å². The molecule has 196 valence electrons. The van der Waals surface area contributed by atoms with Crippen LogP contribution in [0.1, 0.15) is 25.0 Å². The molecule has 0 unspecified atom stereocenters. The second-order valence-electron chi connectivity index (χ2n) is 8.57. The first-order valence-electron chi connectivity index (χ1n) is 11.6. The second-order valence-corrected chi connectivity index (χ2v) is 9.89. The van der Waals surface area contributed by atoms with Gasteiger partial charge in [0.1, 0.15) is 17.9 Å². The Labute approximate surface area is 233 Å². The maximum absolute atomic E-state index is 13.3. The summed E-state index contributed by atoms with van der Waals surface area (Å²) in [6.07, 6.45) is 1.20. The number of methoxy groups -OCH3 is 1. The summed E-state index contributed by atoms with van der Waals surface area (Å²) >= 11 is 9.78. The predicted molar refractivity (Wildman–Crippen MR) is 148 cm³/mol. The summed E-state index contributed by atoms with van der Waals surface area (Å²) in [4.78, 5) is 39.3. The van der Waals surface area contributed by atoms with E-state index in [2.05, 4.69) is 21.2 Å². The third-order valence-electron chi connectivity index (χ3n) is 5.43. The monoisotopic (exact) mass is 598 g/mol. The lowest BCUT2D eigenvalue weighted by molar-refractivity contribution is -0.122. The highest BCUT2D eigenvalue weighted by Gasteiger charge is 2.37. The summed E-state index contributed by atoms with van der Waals surface area (Å²) in [6, 6.07) is 16.4. The van der Waals surface area contributed by atoms with Crippen LogP contribution in [0.25, 0.3) is 6.08 Å². The molecule has 1 aliphatic rings. The van der Waals surface area contributed by atoms with Gasteiger partial charge in [0, 0.05) is 4.47 Å². The zero-order valence-corrected chi connectivity index (χ0v) is 23.1. The third-order valence-corrected chi connectivity index (χ3v) is 6.24. The highest BCUT2D eigenvalue weighted by atomic mass is 79.9. The zero-order valence-electron chi connectivity index (χ0n) is 20.8. The van der Waals surface area contributed by atoms with Crippen molar-refractivity contribution in [3.05, 3.63) is 86.9 Å². The van der Waals surface area contributed by atoms with Gasteiger partial charge in [0.15, 0.2) is 11.5 Å². The Morgan fingerprint density at radius 2 is 1.71 bits per heavy atom. The number of imide groups is 2. The van der Waals surface area contributed by atoms with Crippen LogP contribution in [-0.4, -0.2) is 31.1 Å². The van der Waals surface area contributed by atoms with E-state index < -0.39 is 17.8 Å². The van der Waals surface area contributed by atoms with E-state index in [1.165, 1.54) is 13.2 Å². The SMILES string of the molecule is COc1cc(/C=C2\C(=O)NC(=O)N(c3ccc(OCc4ccc(Br)cc4)cc3)C2=O)cc(Cl)c1OC(C)C. The fourth-order valence-corrected chi connectivity index (χ4v) is 4.20. The van der Waals surface area contributed by atoms with Crippen molar-refractivity contribution in [2.75, 3.05) is 12.0 Å². The maximum Gasteiger partial charge on any atom is 0.335 e. The van der Waals surface area contributed by atoms with Gasteiger partial charge in [-0.15, -0.1) is 0 Å². The molecule has 0 aliphatic carbocycles. The van der Waals surface area contributed by atoms with Crippen LogP contribution in [0.15, 0.2) is 70.7 Å². The van der Waals surface area contributed by atoms with Crippen LogP contribution < -0.4 is 24.4 Å². The number of nitrogens with one attached hydrogen (secondary N) is 1. The van der Waals surface area contributed by atoms with E-state index in [1.807, 2.05) is 38.1 Å². The molecule has 0 aromatic heterocycles. The molecule has 3 aromatic rings. The van der Waals surface area contributed by atoms with Gasteiger partial charge in [0.25, 0.3) is 11.8 Å². The van der Waals surface area contributed by atoms with Crippen molar-refractivity contribution >= 4 is 57.1 Å². The average Bonchev–Trinajstić information content (AvgIpc) is 2.88. The standard InChI is InChI=1S/C28H24BrClN2O6/c1-16(2)38-25-23(30)13-18(14-24(25)36-3)12-22-26(33)31-28(35)32(27(22)34)20-8-10-21(11-9-20)37-15-17-4-6-19(29)7-5-17/h4-14,16H,15H2,1-3H3,(H,31,33,35)/b22-12+. The lowest BCUT2D eigenvalue weighted by Gasteiger charge is -2.26. The number of urea groups is 1. The van der Waals surface area contributed by atoms with Crippen LogP contribution >= 0.6 is 27.5 Å². The Morgan fingerprint density at radius 3 is 2.34 bits per heavy atom. The van der Waals surface area contributed by atoms with Crippen LogP contribution in [-0.2, 0) is 16.2 Å². The molecular formula is C28H24BrClN2O6. The normalized spacial score (nSPS) is 14.6. The number of amides is 4. The Kier molecular flexibility index (Phi) is 8.38. The highest BCUT2D eigenvalue weighted by Crippen LogP contribution is 2.38. The van der Waals surface area contributed by atoms with Gasteiger partial charge in [0.2, 0.25) is 0 Å². The summed E-state index contributed by atoms with van der Waals surface area (Å²) in [5.41, 5.74) is 1.44. The Balaban J connectivity index is 1.56. The number of nitrogens with zero attached hydrogens (tertiary/aromatic N) is 1. The van der Waals surface area contributed by atoms with Crippen LogP contribution in [0, 0.1) is 0 Å². The number of hydrogen-bond acceptors (Lipinski definition) is 6. The van der Waals surface area contributed by atoms with Crippen LogP contribution in [0.2, 0.25) is 5.02 Å². The summed E-state index contributed by atoms with van der Waals surface area (Å²) in [5.74, 6) is -0.347. The number of carbonyl (C=O) groups is 3. The third kappa shape index (κ3) is 6.17. The van der Waals surface area contributed by atoms with Gasteiger partial charge in [-0.3, -0.25) is 14.9 Å². The van der Waals surface area contributed by atoms with E-state index in [4.69, 9.17) is 25.8 Å². The molecule has 0 spiro atoms.